The highest BCUT2D eigenvalue weighted by Crippen LogP contribution is 2.56. The molecule has 2 aromatic heterocycles. The molecule has 7 rings (SSSR count). The second kappa shape index (κ2) is 8.83. The van der Waals surface area contributed by atoms with E-state index in [2.05, 4.69) is 36.2 Å². The van der Waals surface area contributed by atoms with Crippen molar-refractivity contribution in [3.8, 4) is 22.4 Å². The monoisotopic (exact) mass is 574 g/mol. The molecule has 3 aliphatic rings. The molecule has 5 nitrogen and oxygen atoms in total. The molecule has 3 aliphatic carbocycles. The zero-order valence-electron chi connectivity index (χ0n) is 20.4. The third-order valence-corrected chi connectivity index (χ3v) is 9.09. The van der Waals surface area contributed by atoms with Crippen molar-refractivity contribution < 1.29 is 13.6 Å². The van der Waals surface area contributed by atoms with Crippen LogP contribution in [0.4, 0.5) is 8.78 Å². The van der Waals surface area contributed by atoms with Crippen molar-refractivity contribution in [2.75, 3.05) is 0 Å². The first-order valence-electron chi connectivity index (χ1n) is 12.9. The fourth-order valence-corrected chi connectivity index (χ4v) is 7.25. The maximum atomic E-state index is 15.4. The minimum atomic E-state index is -3.07. The lowest BCUT2D eigenvalue weighted by molar-refractivity contribution is -0.127. The Balaban J connectivity index is 1.16. The van der Waals surface area contributed by atoms with E-state index in [9.17, 15) is 4.79 Å². The van der Waals surface area contributed by atoms with E-state index in [4.69, 9.17) is 0 Å². The quantitative estimate of drug-likeness (QED) is 0.275. The fourth-order valence-electron chi connectivity index (χ4n) is 6.89. The first kappa shape index (κ1) is 23.7. The second-order valence-corrected chi connectivity index (χ2v) is 11.6. The largest absolute Gasteiger partial charge is 0.352 e. The van der Waals surface area contributed by atoms with E-state index in [0.29, 0.717) is 45.2 Å². The summed E-state index contributed by atoms with van der Waals surface area (Å²) in [5, 5.41) is 3.11. The number of hydrogen-bond donors (Lipinski definition) is 2. The van der Waals surface area contributed by atoms with Crippen molar-refractivity contribution in [2.45, 2.75) is 37.6 Å². The number of halogens is 3. The molecule has 192 valence electrons. The third-order valence-electron chi connectivity index (χ3n) is 8.60. The molecule has 38 heavy (non-hydrogen) atoms. The van der Waals surface area contributed by atoms with E-state index >= 15 is 8.78 Å². The smallest absolute Gasteiger partial charge is 0.299 e. The van der Waals surface area contributed by atoms with Gasteiger partial charge < -0.3 is 10.3 Å². The summed E-state index contributed by atoms with van der Waals surface area (Å²) in [5.41, 5.74) is 3.46. The Bertz CT molecular complexity index is 1550. The number of carbonyl (C=O) groups is 1. The van der Waals surface area contributed by atoms with Gasteiger partial charge in [0.15, 0.2) is 0 Å². The summed E-state index contributed by atoms with van der Waals surface area (Å²) in [6, 6.07) is 14.0. The van der Waals surface area contributed by atoms with Gasteiger partial charge in [0.1, 0.15) is 5.82 Å². The predicted octanol–water partition coefficient (Wildman–Crippen LogP) is 6.80. The van der Waals surface area contributed by atoms with Gasteiger partial charge in [-0.15, -0.1) is 0 Å². The molecule has 4 atom stereocenters. The number of fused-ring (bicyclic) bond motifs is 5. The molecule has 1 amide bonds. The maximum Gasteiger partial charge on any atom is 0.299 e. The van der Waals surface area contributed by atoms with Crippen molar-refractivity contribution in [3.63, 3.8) is 0 Å². The molecule has 0 saturated heterocycles. The van der Waals surface area contributed by atoms with Crippen LogP contribution in [0.25, 0.3) is 22.4 Å². The summed E-state index contributed by atoms with van der Waals surface area (Å²) in [4.78, 5) is 25.6. The number of alkyl halides is 2. The van der Waals surface area contributed by atoms with Gasteiger partial charge in [-0.25, -0.2) is 4.98 Å². The highest BCUT2D eigenvalue weighted by Gasteiger charge is 2.52. The number of nitrogens with one attached hydrogen (secondary N) is 2. The number of hydrogen-bond acceptors (Lipinski definition) is 3. The molecule has 2 bridgehead atoms. The second-order valence-electron chi connectivity index (χ2n) is 10.7. The molecule has 2 unspecified atom stereocenters. The molecule has 2 heterocycles. The van der Waals surface area contributed by atoms with E-state index in [1.165, 1.54) is 6.07 Å². The number of aromatic amines is 1. The Hall–Kier alpha value is -3.39. The van der Waals surface area contributed by atoms with Crippen LogP contribution in [0.5, 0.6) is 0 Å². The minimum Gasteiger partial charge on any atom is -0.352 e. The molecule has 8 heteroatoms. The van der Waals surface area contributed by atoms with Crippen LogP contribution in [0, 0.1) is 17.8 Å². The number of benzene rings is 2. The molecule has 2 N–H and O–H groups in total. The molecule has 2 aromatic carbocycles. The van der Waals surface area contributed by atoms with Gasteiger partial charge in [-0.3, -0.25) is 9.78 Å². The first-order chi connectivity index (χ1) is 18.4. The van der Waals surface area contributed by atoms with E-state index in [0.717, 1.165) is 30.7 Å². The van der Waals surface area contributed by atoms with Gasteiger partial charge in [-0.2, -0.15) is 8.78 Å². The molecule has 0 radical (unpaired) electrons. The van der Waals surface area contributed by atoms with Gasteiger partial charge in [-0.05, 0) is 72.1 Å². The number of imidazole rings is 1. The van der Waals surface area contributed by atoms with Crippen LogP contribution in [-0.2, 0) is 17.3 Å². The number of aromatic nitrogens is 3. The van der Waals surface area contributed by atoms with Gasteiger partial charge in [0.05, 0.1) is 17.8 Å². The third kappa shape index (κ3) is 3.72. The summed E-state index contributed by atoms with van der Waals surface area (Å²) in [6.45, 7) is 0.443. The maximum absolute atomic E-state index is 15.4. The Kier molecular flexibility index (Phi) is 5.51. The number of nitrogens with zero attached hydrogens (tertiary/aromatic N) is 2. The van der Waals surface area contributed by atoms with E-state index in [1.54, 1.807) is 42.9 Å². The van der Waals surface area contributed by atoms with Crippen LogP contribution in [0.3, 0.4) is 0 Å². The van der Waals surface area contributed by atoms with Crippen LogP contribution in [0.15, 0.2) is 71.6 Å². The Morgan fingerprint density at radius 3 is 2.66 bits per heavy atom. The SMILES string of the molecule is O=C(NCc1cccnc1)[C@@H]1C2CCC(C2)[C@H]1c1ncc(-c2ccc3c(c2)C(F)(F)c2cc(Br)ccc2-3)[nH]1. The Labute approximate surface area is 227 Å². The molecule has 0 spiro atoms. The summed E-state index contributed by atoms with van der Waals surface area (Å²) in [7, 11) is 0. The topological polar surface area (TPSA) is 70.7 Å². The van der Waals surface area contributed by atoms with Gasteiger partial charge >= 0.3 is 0 Å². The number of rotatable bonds is 5. The zero-order valence-corrected chi connectivity index (χ0v) is 22.0. The molecule has 2 fully saturated rings. The van der Waals surface area contributed by atoms with Crippen LogP contribution in [0.1, 0.15) is 47.7 Å². The van der Waals surface area contributed by atoms with E-state index < -0.39 is 5.92 Å². The van der Waals surface area contributed by atoms with Gasteiger partial charge in [-0.1, -0.05) is 40.2 Å². The Morgan fingerprint density at radius 1 is 1.05 bits per heavy atom. The van der Waals surface area contributed by atoms with Gasteiger partial charge in [0.2, 0.25) is 5.91 Å². The lowest BCUT2D eigenvalue weighted by atomic mass is 9.78. The zero-order chi connectivity index (χ0) is 26.0. The highest BCUT2D eigenvalue weighted by molar-refractivity contribution is 9.10. The molecule has 4 aromatic rings. The van der Waals surface area contributed by atoms with Crippen LogP contribution in [-0.4, -0.2) is 20.9 Å². The molecule has 2 saturated carbocycles. The highest BCUT2D eigenvalue weighted by atomic mass is 79.9. The van der Waals surface area contributed by atoms with Gasteiger partial charge in [0.25, 0.3) is 5.92 Å². The van der Waals surface area contributed by atoms with Crippen LogP contribution in [0.2, 0.25) is 0 Å². The predicted molar refractivity (Wildman–Crippen MR) is 143 cm³/mol. The van der Waals surface area contributed by atoms with E-state index in [1.807, 2.05) is 18.2 Å². The summed E-state index contributed by atoms with van der Waals surface area (Å²) in [6.07, 6.45) is 8.34. The van der Waals surface area contributed by atoms with Crippen molar-refractivity contribution in [2.24, 2.45) is 17.8 Å². The minimum absolute atomic E-state index is 0.00567. The lowest BCUT2D eigenvalue weighted by Gasteiger charge is -2.28. The standard InChI is InChI=1S/C30H25BrF2N4O/c31-20-6-8-22-21-7-5-17(11-23(21)30(32,33)24(22)12-20)25-15-35-28(37-25)26-18-3-4-19(10-18)27(26)29(38)36-14-16-2-1-9-34-13-16/h1-2,5-9,11-13,15,18-19,26-27H,3-4,10,14H2,(H,35,37)(H,36,38)/t18?,19?,26-,27-/m1/s1. The Morgan fingerprint density at radius 2 is 1.84 bits per heavy atom. The normalized spacial score (nSPS) is 24.3. The van der Waals surface area contributed by atoms with Crippen LogP contribution >= 0.6 is 15.9 Å². The summed E-state index contributed by atoms with van der Waals surface area (Å²) < 4.78 is 31.4. The van der Waals surface area contributed by atoms with Crippen molar-refractivity contribution in [3.05, 3.63) is 94.1 Å². The number of pyridine rings is 1. The van der Waals surface area contributed by atoms with Crippen molar-refractivity contribution >= 4 is 21.8 Å². The number of carbonyl (C=O) groups excluding carboxylic acids is 1. The van der Waals surface area contributed by atoms with Crippen LogP contribution < -0.4 is 5.32 Å². The molecule has 0 aliphatic heterocycles. The van der Waals surface area contributed by atoms with E-state index in [-0.39, 0.29) is 28.9 Å². The summed E-state index contributed by atoms with van der Waals surface area (Å²) >= 11 is 3.32. The number of amides is 1. The average Bonchev–Trinajstić information content (AvgIpc) is 3.71. The summed E-state index contributed by atoms with van der Waals surface area (Å²) in [5.74, 6) is -1.68. The average molecular weight is 575 g/mol. The van der Waals surface area contributed by atoms with Crippen molar-refractivity contribution in [1.29, 1.82) is 0 Å². The first-order valence-corrected chi connectivity index (χ1v) is 13.7. The van der Waals surface area contributed by atoms with Gasteiger partial charge in [0, 0.05) is 46.0 Å². The number of H-pyrrole nitrogens is 1. The van der Waals surface area contributed by atoms with Crippen molar-refractivity contribution in [1.82, 2.24) is 20.3 Å². The molecular formula is C30H25BrF2N4O. The molecular weight excluding hydrogens is 550 g/mol. The fraction of sp³-hybridized carbons (Fsp3) is 0.300. The lowest BCUT2D eigenvalue weighted by Crippen LogP contribution is -2.37.